The zero-order valence-corrected chi connectivity index (χ0v) is 20.2. The molecule has 1 unspecified atom stereocenters. The number of tetrazole rings is 1. The Balaban J connectivity index is 1.49. The van der Waals surface area contributed by atoms with E-state index in [2.05, 4.69) is 50.6 Å². The van der Waals surface area contributed by atoms with Gasteiger partial charge in [-0.3, -0.25) is 4.79 Å². The fourth-order valence-corrected chi connectivity index (χ4v) is 4.76. The van der Waals surface area contributed by atoms with E-state index in [1.165, 1.54) is 0 Å². The van der Waals surface area contributed by atoms with Crippen LogP contribution in [0.5, 0.6) is 11.5 Å². The van der Waals surface area contributed by atoms with E-state index in [0.717, 1.165) is 27.7 Å². The first-order chi connectivity index (χ1) is 15.8. The van der Waals surface area contributed by atoms with Crippen molar-refractivity contribution in [3.05, 3.63) is 69.3 Å². The Kier molecular flexibility index (Phi) is 5.44. The van der Waals surface area contributed by atoms with E-state index in [1.807, 2.05) is 42.5 Å². The van der Waals surface area contributed by atoms with Crippen molar-refractivity contribution in [3.8, 4) is 11.5 Å². The monoisotopic (exact) mass is 509 g/mol. The largest absolute Gasteiger partial charge is 0.493 e. The van der Waals surface area contributed by atoms with Crippen LogP contribution in [0, 0.1) is 5.41 Å². The highest BCUT2D eigenvalue weighted by Gasteiger charge is 2.42. The highest BCUT2D eigenvalue weighted by Crippen LogP contribution is 2.46. The van der Waals surface area contributed by atoms with Crippen molar-refractivity contribution >= 4 is 27.7 Å². The molecule has 1 atom stereocenters. The van der Waals surface area contributed by atoms with Crippen LogP contribution in [0.4, 0.5) is 5.95 Å². The van der Waals surface area contributed by atoms with Gasteiger partial charge in [0.25, 0.3) is 0 Å². The van der Waals surface area contributed by atoms with Gasteiger partial charge in [-0.05, 0) is 57.7 Å². The lowest BCUT2D eigenvalue weighted by Crippen LogP contribution is -2.36. The van der Waals surface area contributed by atoms with Crippen LogP contribution in [0.3, 0.4) is 0 Å². The number of methoxy groups -OCH3 is 1. The Morgan fingerprint density at radius 2 is 1.94 bits per heavy atom. The van der Waals surface area contributed by atoms with E-state index >= 15 is 0 Å². The molecule has 5 rings (SSSR count). The van der Waals surface area contributed by atoms with Gasteiger partial charge in [0, 0.05) is 22.2 Å². The normalized spacial score (nSPS) is 18.9. The van der Waals surface area contributed by atoms with Crippen molar-refractivity contribution in [2.45, 2.75) is 39.3 Å². The molecule has 0 spiro atoms. The van der Waals surface area contributed by atoms with Crippen molar-refractivity contribution in [1.82, 2.24) is 20.2 Å². The number of rotatable bonds is 5. The van der Waals surface area contributed by atoms with Gasteiger partial charge in [0.15, 0.2) is 17.3 Å². The third-order valence-electron chi connectivity index (χ3n) is 6.00. The molecule has 170 valence electrons. The second kappa shape index (κ2) is 8.30. The third-order valence-corrected chi connectivity index (χ3v) is 6.53. The number of hydrogen-bond acceptors (Lipinski definition) is 7. The van der Waals surface area contributed by atoms with Gasteiger partial charge in [-0.2, -0.15) is 4.68 Å². The number of Topliss-reactive ketones (excluding diaryl/α,β-unsaturated/α-hetero) is 1. The lowest BCUT2D eigenvalue weighted by molar-refractivity contribution is -0.118. The van der Waals surface area contributed by atoms with Gasteiger partial charge >= 0.3 is 0 Å². The van der Waals surface area contributed by atoms with Gasteiger partial charge in [0.1, 0.15) is 12.6 Å². The molecular weight excluding hydrogens is 486 g/mol. The number of nitrogens with zero attached hydrogens (tertiary/aromatic N) is 4. The molecule has 0 amide bonds. The van der Waals surface area contributed by atoms with Gasteiger partial charge in [-0.1, -0.05) is 53.1 Å². The van der Waals surface area contributed by atoms with Crippen LogP contribution < -0.4 is 14.8 Å². The highest BCUT2D eigenvalue weighted by atomic mass is 79.9. The topological polar surface area (TPSA) is 91.2 Å². The molecule has 3 aromatic rings. The molecule has 2 aromatic carbocycles. The third kappa shape index (κ3) is 4.13. The minimum absolute atomic E-state index is 0.106. The number of hydrogen-bond donors (Lipinski definition) is 1. The molecule has 1 aliphatic heterocycles. The standard InChI is InChI=1S/C24H24BrN5O3/c1-24(2)11-17-21(18(31)12-24)22(30-23(26-17)27-28-29-30)15-6-9-19(20(10-15)32-3)33-13-14-4-7-16(25)8-5-14/h4-10,22H,11-13H2,1-3H3,(H,26,27,29). The van der Waals surface area contributed by atoms with Gasteiger partial charge in [0.05, 0.1) is 7.11 Å². The lowest BCUT2D eigenvalue weighted by atomic mass is 9.73. The van der Waals surface area contributed by atoms with Crippen LogP contribution in [0.25, 0.3) is 0 Å². The minimum Gasteiger partial charge on any atom is -0.493 e. The Bertz CT molecular complexity index is 1250. The van der Waals surface area contributed by atoms with Crippen LogP contribution in [0.2, 0.25) is 0 Å². The highest BCUT2D eigenvalue weighted by molar-refractivity contribution is 9.10. The van der Waals surface area contributed by atoms with Crippen LogP contribution in [0.15, 0.2) is 58.2 Å². The molecule has 9 heteroatoms. The number of nitrogens with one attached hydrogen (secondary N) is 1. The zero-order chi connectivity index (χ0) is 23.2. The van der Waals surface area contributed by atoms with Crippen molar-refractivity contribution in [2.75, 3.05) is 12.4 Å². The molecule has 1 aromatic heterocycles. The van der Waals surface area contributed by atoms with E-state index in [1.54, 1.807) is 11.8 Å². The van der Waals surface area contributed by atoms with E-state index in [4.69, 9.17) is 9.47 Å². The van der Waals surface area contributed by atoms with E-state index in [-0.39, 0.29) is 11.2 Å². The summed E-state index contributed by atoms with van der Waals surface area (Å²) in [6, 6.07) is 13.3. The lowest BCUT2D eigenvalue weighted by Gasteiger charge is -2.37. The van der Waals surface area contributed by atoms with Crippen LogP contribution in [-0.4, -0.2) is 33.1 Å². The predicted octanol–water partition coefficient (Wildman–Crippen LogP) is 4.68. The summed E-state index contributed by atoms with van der Waals surface area (Å²) in [5, 5.41) is 15.4. The number of halogens is 1. The second-order valence-corrected chi connectivity index (χ2v) is 10.0. The fraction of sp³-hybridized carbons (Fsp3) is 0.333. The summed E-state index contributed by atoms with van der Waals surface area (Å²) < 4.78 is 14.3. The first-order valence-corrected chi connectivity index (χ1v) is 11.5. The average Bonchev–Trinajstić information content (AvgIpc) is 3.24. The second-order valence-electron chi connectivity index (χ2n) is 9.13. The molecule has 2 aliphatic rings. The zero-order valence-electron chi connectivity index (χ0n) is 18.6. The molecule has 1 aliphatic carbocycles. The van der Waals surface area contributed by atoms with Crippen molar-refractivity contribution < 1.29 is 14.3 Å². The molecule has 1 N–H and O–H groups in total. The maximum Gasteiger partial charge on any atom is 0.248 e. The molecule has 33 heavy (non-hydrogen) atoms. The number of benzene rings is 2. The Hall–Kier alpha value is -3.20. The van der Waals surface area contributed by atoms with Gasteiger partial charge < -0.3 is 14.8 Å². The molecule has 0 radical (unpaired) electrons. The molecule has 0 saturated heterocycles. The SMILES string of the molecule is COc1cc(C2C3=C(CC(C)(C)CC3=O)Nc3nnnn32)ccc1OCc1ccc(Br)cc1. The maximum atomic E-state index is 13.2. The summed E-state index contributed by atoms with van der Waals surface area (Å²) in [6.07, 6.45) is 1.23. The van der Waals surface area contributed by atoms with Crippen molar-refractivity contribution in [1.29, 1.82) is 0 Å². The summed E-state index contributed by atoms with van der Waals surface area (Å²) >= 11 is 3.44. The van der Waals surface area contributed by atoms with Gasteiger partial charge in [-0.15, -0.1) is 0 Å². The first-order valence-electron chi connectivity index (χ1n) is 10.7. The Morgan fingerprint density at radius 1 is 1.15 bits per heavy atom. The number of ketones is 1. The van der Waals surface area contributed by atoms with E-state index in [0.29, 0.717) is 36.0 Å². The fourth-order valence-electron chi connectivity index (χ4n) is 4.49. The minimum atomic E-state index is -0.427. The number of aromatic nitrogens is 4. The van der Waals surface area contributed by atoms with Crippen molar-refractivity contribution in [3.63, 3.8) is 0 Å². The van der Waals surface area contributed by atoms with Crippen LogP contribution in [-0.2, 0) is 11.4 Å². The molecule has 0 bridgehead atoms. The quantitative estimate of drug-likeness (QED) is 0.533. The van der Waals surface area contributed by atoms with Crippen LogP contribution >= 0.6 is 15.9 Å². The number of carbonyl (C=O) groups excluding carboxylic acids is 1. The summed E-state index contributed by atoms with van der Waals surface area (Å²) in [5.74, 6) is 1.84. The molecule has 2 heterocycles. The smallest absolute Gasteiger partial charge is 0.248 e. The average molecular weight is 510 g/mol. The first kappa shape index (κ1) is 21.6. The molecular formula is C24H24BrN5O3. The number of carbonyl (C=O) groups is 1. The van der Waals surface area contributed by atoms with Crippen LogP contribution in [0.1, 0.15) is 43.9 Å². The predicted molar refractivity (Wildman–Crippen MR) is 126 cm³/mol. The number of fused-ring (bicyclic) bond motifs is 1. The van der Waals surface area contributed by atoms with Crippen molar-refractivity contribution in [2.24, 2.45) is 5.41 Å². The molecule has 0 fully saturated rings. The van der Waals surface area contributed by atoms with E-state index < -0.39 is 6.04 Å². The number of anilines is 1. The summed E-state index contributed by atoms with van der Waals surface area (Å²) in [4.78, 5) is 13.2. The molecule has 8 nitrogen and oxygen atoms in total. The number of ether oxygens (including phenoxy) is 2. The molecule has 0 saturated carbocycles. The number of allylic oxidation sites excluding steroid dienone is 2. The van der Waals surface area contributed by atoms with Gasteiger partial charge in [0.2, 0.25) is 5.95 Å². The summed E-state index contributed by atoms with van der Waals surface area (Å²) in [5.41, 5.74) is 3.38. The Morgan fingerprint density at radius 3 is 2.70 bits per heavy atom. The summed E-state index contributed by atoms with van der Waals surface area (Å²) in [6.45, 7) is 4.61. The summed E-state index contributed by atoms with van der Waals surface area (Å²) in [7, 11) is 1.61. The van der Waals surface area contributed by atoms with Gasteiger partial charge in [-0.25, -0.2) is 0 Å². The maximum absolute atomic E-state index is 13.2. The van der Waals surface area contributed by atoms with E-state index in [9.17, 15) is 4.79 Å². The Labute approximate surface area is 200 Å².